The molecule has 1 aliphatic heterocycles. The van der Waals surface area contributed by atoms with Crippen molar-refractivity contribution in [2.75, 3.05) is 0 Å². The summed E-state index contributed by atoms with van der Waals surface area (Å²) in [6.45, 7) is 3.31. The lowest BCUT2D eigenvalue weighted by atomic mass is 10.00. The summed E-state index contributed by atoms with van der Waals surface area (Å²) in [4.78, 5) is 4.50. The number of halogens is 1. The van der Waals surface area contributed by atoms with E-state index in [9.17, 15) is 4.39 Å². The van der Waals surface area contributed by atoms with E-state index in [-0.39, 0.29) is 5.82 Å². The van der Waals surface area contributed by atoms with Crippen LogP contribution in [0.15, 0.2) is 30.5 Å². The number of imidazole rings is 1. The number of nitrogens with zero attached hydrogens (tertiary/aromatic N) is 2. The fourth-order valence-corrected chi connectivity index (χ4v) is 2.64. The van der Waals surface area contributed by atoms with Crippen molar-refractivity contribution in [3.8, 4) is 0 Å². The highest BCUT2D eigenvalue weighted by Gasteiger charge is 2.18. The summed E-state index contributed by atoms with van der Waals surface area (Å²) in [6, 6.07) is 6.78. The minimum Gasteiger partial charge on any atom is -0.332 e. The zero-order chi connectivity index (χ0) is 12.5. The number of fused-ring (bicyclic) bond motifs is 1. The van der Waals surface area contributed by atoms with Gasteiger partial charge in [-0.1, -0.05) is 19.1 Å². The first-order valence-corrected chi connectivity index (χ1v) is 6.50. The quantitative estimate of drug-likeness (QED) is 0.793. The molecule has 0 N–H and O–H groups in total. The van der Waals surface area contributed by atoms with E-state index in [1.54, 1.807) is 12.1 Å². The fourth-order valence-electron chi connectivity index (χ4n) is 2.64. The molecule has 0 bridgehead atoms. The maximum absolute atomic E-state index is 13.2. The van der Waals surface area contributed by atoms with Gasteiger partial charge in [0, 0.05) is 24.9 Å². The minimum atomic E-state index is -0.175. The molecule has 0 fully saturated rings. The highest BCUT2D eigenvalue weighted by molar-refractivity contribution is 5.22. The number of aryl methyl sites for hydroxylation is 1. The van der Waals surface area contributed by atoms with Crippen LogP contribution in [-0.2, 0) is 19.4 Å². The molecule has 2 nitrogen and oxygen atoms in total. The van der Waals surface area contributed by atoms with Gasteiger partial charge in [0.15, 0.2) is 0 Å². The van der Waals surface area contributed by atoms with Crippen LogP contribution < -0.4 is 0 Å². The number of benzene rings is 1. The molecule has 1 unspecified atom stereocenters. The summed E-state index contributed by atoms with van der Waals surface area (Å²) < 4.78 is 15.5. The first kappa shape index (κ1) is 11.5. The predicted octanol–water partition coefficient (Wildman–Crippen LogP) is 3.20. The van der Waals surface area contributed by atoms with Gasteiger partial charge in [-0.3, -0.25) is 0 Å². The van der Waals surface area contributed by atoms with Crippen LogP contribution in [-0.4, -0.2) is 9.55 Å². The van der Waals surface area contributed by atoms with Crippen molar-refractivity contribution in [3.05, 3.63) is 53.4 Å². The Kier molecular flexibility index (Phi) is 2.90. The van der Waals surface area contributed by atoms with Crippen LogP contribution in [0.5, 0.6) is 0 Å². The SMILES string of the molecule is CC1CCc2cnc(Cc3cccc(F)c3)n2C1. The van der Waals surface area contributed by atoms with Crippen LogP contribution >= 0.6 is 0 Å². The standard InChI is InChI=1S/C15H17FN2/c1-11-5-6-14-9-17-15(18(14)10-11)8-12-3-2-4-13(16)7-12/h2-4,7,9,11H,5-6,8,10H2,1H3. The molecule has 0 radical (unpaired) electrons. The Hall–Kier alpha value is -1.64. The zero-order valence-electron chi connectivity index (χ0n) is 10.6. The smallest absolute Gasteiger partial charge is 0.123 e. The lowest BCUT2D eigenvalue weighted by Gasteiger charge is -2.22. The van der Waals surface area contributed by atoms with E-state index < -0.39 is 0 Å². The van der Waals surface area contributed by atoms with Crippen LogP contribution in [0.25, 0.3) is 0 Å². The second-order valence-corrected chi connectivity index (χ2v) is 5.23. The van der Waals surface area contributed by atoms with E-state index in [4.69, 9.17) is 0 Å². The van der Waals surface area contributed by atoms with Crippen molar-refractivity contribution in [1.29, 1.82) is 0 Å². The summed E-state index contributed by atoms with van der Waals surface area (Å²) in [5, 5.41) is 0. The van der Waals surface area contributed by atoms with Crippen LogP contribution in [0, 0.1) is 11.7 Å². The number of rotatable bonds is 2. The molecular weight excluding hydrogens is 227 g/mol. The van der Waals surface area contributed by atoms with Gasteiger partial charge in [-0.2, -0.15) is 0 Å². The fraction of sp³-hybridized carbons (Fsp3) is 0.400. The van der Waals surface area contributed by atoms with E-state index in [2.05, 4.69) is 16.5 Å². The molecule has 0 spiro atoms. The van der Waals surface area contributed by atoms with Crippen LogP contribution in [0.2, 0.25) is 0 Å². The third-order valence-corrected chi connectivity index (χ3v) is 3.66. The summed E-state index contributed by atoms with van der Waals surface area (Å²) in [5.74, 6) is 1.59. The average Bonchev–Trinajstić information content (AvgIpc) is 2.72. The van der Waals surface area contributed by atoms with Gasteiger partial charge in [0.25, 0.3) is 0 Å². The van der Waals surface area contributed by atoms with Crippen LogP contribution in [0.4, 0.5) is 4.39 Å². The van der Waals surface area contributed by atoms with Gasteiger partial charge in [-0.15, -0.1) is 0 Å². The van der Waals surface area contributed by atoms with Gasteiger partial charge in [-0.05, 0) is 36.5 Å². The number of aromatic nitrogens is 2. The Balaban J connectivity index is 1.87. The Morgan fingerprint density at radius 1 is 1.44 bits per heavy atom. The minimum absolute atomic E-state index is 0.175. The third kappa shape index (κ3) is 2.17. The molecule has 3 heteroatoms. The molecule has 1 atom stereocenters. The predicted molar refractivity (Wildman–Crippen MR) is 68.9 cm³/mol. The second-order valence-electron chi connectivity index (χ2n) is 5.23. The molecule has 1 aliphatic rings. The lowest BCUT2D eigenvalue weighted by Crippen LogP contribution is -2.19. The van der Waals surface area contributed by atoms with Crippen molar-refractivity contribution < 1.29 is 4.39 Å². The molecule has 0 amide bonds. The van der Waals surface area contributed by atoms with Crippen molar-refractivity contribution in [2.24, 2.45) is 5.92 Å². The van der Waals surface area contributed by atoms with Crippen molar-refractivity contribution in [2.45, 2.75) is 32.7 Å². The third-order valence-electron chi connectivity index (χ3n) is 3.66. The molecule has 18 heavy (non-hydrogen) atoms. The molecule has 1 aromatic heterocycles. The molecule has 0 aliphatic carbocycles. The molecular formula is C15H17FN2. The Bertz CT molecular complexity index is 559. The van der Waals surface area contributed by atoms with E-state index >= 15 is 0 Å². The van der Waals surface area contributed by atoms with Crippen molar-refractivity contribution in [1.82, 2.24) is 9.55 Å². The largest absolute Gasteiger partial charge is 0.332 e. The monoisotopic (exact) mass is 244 g/mol. The van der Waals surface area contributed by atoms with E-state index in [0.717, 1.165) is 24.4 Å². The van der Waals surface area contributed by atoms with Gasteiger partial charge in [0.05, 0.1) is 0 Å². The highest BCUT2D eigenvalue weighted by Crippen LogP contribution is 2.22. The lowest BCUT2D eigenvalue weighted by molar-refractivity contribution is 0.392. The van der Waals surface area contributed by atoms with E-state index in [1.165, 1.54) is 18.2 Å². The maximum Gasteiger partial charge on any atom is 0.123 e. The number of hydrogen-bond acceptors (Lipinski definition) is 1. The summed E-state index contributed by atoms with van der Waals surface area (Å²) >= 11 is 0. The topological polar surface area (TPSA) is 17.8 Å². The summed E-state index contributed by atoms with van der Waals surface area (Å²) in [6.07, 6.45) is 5.04. The van der Waals surface area contributed by atoms with Crippen molar-refractivity contribution in [3.63, 3.8) is 0 Å². The molecule has 2 heterocycles. The molecule has 0 saturated carbocycles. The maximum atomic E-state index is 13.2. The molecule has 1 aromatic carbocycles. The van der Waals surface area contributed by atoms with Gasteiger partial charge in [-0.25, -0.2) is 9.37 Å². The molecule has 2 aromatic rings. The van der Waals surface area contributed by atoms with E-state index in [0.29, 0.717) is 12.3 Å². The average molecular weight is 244 g/mol. The zero-order valence-corrected chi connectivity index (χ0v) is 10.6. The number of hydrogen-bond donors (Lipinski definition) is 0. The second kappa shape index (κ2) is 4.56. The van der Waals surface area contributed by atoms with E-state index in [1.807, 2.05) is 12.3 Å². The van der Waals surface area contributed by atoms with Gasteiger partial charge in [0.2, 0.25) is 0 Å². The normalized spacial score (nSPS) is 18.7. The summed E-state index contributed by atoms with van der Waals surface area (Å²) in [7, 11) is 0. The first-order valence-electron chi connectivity index (χ1n) is 6.50. The van der Waals surface area contributed by atoms with Crippen LogP contribution in [0.1, 0.15) is 30.4 Å². The van der Waals surface area contributed by atoms with Crippen LogP contribution in [0.3, 0.4) is 0 Å². The first-order chi connectivity index (χ1) is 8.72. The van der Waals surface area contributed by atoms with Gasteiger partial charge < -0.3 is 4.57 Å². The van der Waals surface area contributed by atoms with Crippen molar-refractivity contribution >= 4 is 0 Å². The van der Waals surface area contributed by atoms with Gasteiger partial charge in [0.1, 0.15) is 11.6 Å². The Labute approximate surface area is 106 Å². The summed E-state index contributed by atoms with van der Waals surface area (Å²) in [5.41, 5.74) is 2.31. The molecule has 3 rings (SSSR count). The molecule has 94 valence electrons. The highest BCUT2D eigenvalue weighted by atomic mass is 19.1. The Morgan fingerprint density at radius 2 is 2.33 bits per heavy atom. The van der Waals surface area contributed by atoms with Gasteiger partial charge >= 0.3 is 0 Å². The molecule has 0 saturated heterocycles. The Morgan fingerprint density at radius 3 is 3.17 bits per heavy atom.